The zero-order chi connectivity index (χ0) is 24.1. The standard InChI is InChI=1S/C20H17F4N3O4S2/c21-18-15(20(22,23)24)3-1-4-16(18)31-11-2-5-17(28)26-13-6-8-14(9-7-13)33(29,30)27-19-25-10-12-32-19/h1,3-4,6-10,12H,2,5,11H2,(H,25,27)(H,26,28). The smallest absolute Gasteiger partial charge is 0.419 e. The summed E-state index contributed by atoms with van der Waals surface area (Å²) in [6, 6.07) is 8.15. The topological polar surface area (TPSA) is 97.4 Å². The summed E-state index contributed by atoms with van der Waals surface area (Å²) in [5.41, 5.74) is -1.08. The molecule has 0 atom stereocenters. The van der Waals surface area contributed by atoms with Crippen molar-refractivity contribution >= 4 is 38.1 Å². The van der Waals surface area contributed by atoms with Crippen LogP contribution in [0.4, 0.5) is 28.4 Å². The Morgan fingerprint density at radius 2 is 1.85 bits per heavy atom. The van der Waals surface area contributed by atoms with E-state index in [0.29, 0.717) is 11.8 Å². The van der Waals surface area contributed by atoms with Crippen molar-refractivity contribution in [3.05, 3.63) is 65.4 Å². The van der Waals surface area contributed by atoms with Gasteiger partial charge in [-0.3, -0.25) is 9.52 Å². The summed E-state index contributed by atoms with van der Waals surface area (Å²) in [4.78, 5) is 15.9. The summed E-state index contributed by atoms with van der Waals surface area (Å²) >= 11 is 1.13. The Morgan fingerprint density at radius 3 is 2.48 bits per heavy atom. The highest BCUT2D eigenvalue weighted by atomic mass is 32.2. The molecule has 0 saturated heterocycles. The number of carbonyl (C=O) groups is 1. The maximum atomic E-state index is 13.9. The fraction of sp³-hybridized carbons (Fsp3) is 0.200. The Kier molecular flexibility index (Phi) is 7.53. The molecule has 176 valence electrons. The van der Waals surface area contributed by atoms with Crippen LogP contribution >= 0.6 is 11.3 Å². The van der Waals surface area contributed by atoms with Crippen LogP contribution in [-0.4, -0.2) is 25.9 Å². The number of ether oxygens (including phenoxy) is 1. The number of thiazole rings is 1. The van der Waals surface area contributed by atoms with Gasteiger partial charge in [0.1, 0.15) is 0 Å². The molecule has 0 unspecified atom stereocenters. The van der Waals surface area contributed by atoms with Crippen molar-refractivity contribution in [2.24, 2.45) is 0 Å². The fourth-order valence-electron chi connectivity index (χ4n) is 2.64. The molecule has 7 nitrogen and oxygen atoms in total. The zero-order valence-corrected chi connectivity index (χ0v) is 18.4. The van der Waals surface area contributed by atoms with Gasteiger partial charge in [0.15, 0.2) is 16.7 Å². The van der Waals surface area contributed by atoms with Gasteiger partial charge in [0.05, 0.1) is 17.1 Å². The van der Waals surface area contributed by atoms with E-state index in [-0.39, 0.29) is 29.5 Å². The van der Waals surface area contributed by atoms with Crippen LogP contribution in [0.3, 0.4) is 0 Å². The number of hydrogen-bond acceptors (Lipinski definition) is 6. The van der Waals surface area contributed by atoms with Crippen LogP contribution < -0.4 is 14.8 Å². The SMILES string of the molecule is O=C(CCCOc1cccc(C(F)(F)F)c1F)Nc1ccc(S(=O)(=O)Nc2nccs2)cc1. The van der Waals surface area contributed by atoms with Crippen molar-refractivity contribution in [3.63, 3.8) is 0 Å². The summed E-state index contributed by atoms with van der Waals surface area (Å²) in [7, 11) is -3.82. The van der Waals surface area contributed by atoms with E-state index in [4.69, 9.17) is 4.74 Å². The van der Waals surface area contributed by atoms with Gasteiger partial charge in [0.25, 0.3) is 10.0 Å². The van der Waals surface area contributed by atoms with Crippen LogP contribution in [0.15, 0.2) is 58.9 Å². The number of nitrogens with zero attached hydrogens (tertiary/aromatic N) is 1. The lowest BCUT2D eigenvalue weighted by molar-refractivity contribution is -0.140. The number of anilines is 2. The van der Waals surface area contributed by atoms with Gasteiger partial charge in [0.2, 0.25) is 5.91 Å². The normalized spacial score (nSPS) is 11.8. The van der Waals surface area contributed by atoms with Crippen molar-refractivity contribution in [2.45, 2.75) is 23.9 Å². The first-order chi connectivity index (χ1) is 15.6. The van der Waals surface area contributed by atoms with Gasteiger partial charge in [-0.1, -0.05) is 6.07 Å². The van der Waals surface area contributed by atoms with Crippen LogP contribution in [0.5, 0.6) is 5.75 Å². The van der Waals surface area contributed by atoms with E-state index in [2.05, 4.69) is 15.0 Å². The Balaban J connectivity index is 1.48. The molecule has 0 aliphatic rings. The summed E-state index contributed by atoms with van der Waals surface area (Å²) in [5, 5.41) is 4.41. The first kappa shape index (κ1) is 24.5. The largest absolute Gasteiger partial charge is 0.490 e. The Hall–Kier alpha value is -3.19. The van der Waals surface area contributed by atoms with Crippen molar-refractivity contribution in [2.75, 3.05) is 16.6 Å². The van der Waals surface area contributed by atoms with Crippen molar-refractivity contribution in [3.8, 4) is 5.75 Å². The first-order valence-corrected chi connectivity index (χ1v) is 11.7. The second kappa shape index (κ2) is 10.2. The molecule has 0 aliphatic carbocycles. The third-order valence-corrected chi connectivity index (χ3v) is 6.35. The minimum absolute atomic E-state index is 0.0211. The molecular formula is C20H17F4N3O4S2. The van der Waals surface area contributed by atoms with Gasteiger partial charge in [0, 0.05) is 23.7 Å². The van der Waals surface area contributed by atoms with Crippen LogP contribution in [0.1, 0.15) is 18.4 Å². The summed E-state index contributed by atoms with van der Waals surface area (Å²) in [6.45, 7) is -0.175. The van der Waals surface area contributed by atoms with Gasteiger partial charge in [-0.25, -0.2) is 17.8 Å². The number of aromatic nitrogens is 1. The Labute approximate surface area is 190 Å². The highest BCUT2D eigenvalue weighted by Gasteiger charge is 2.35. The van der Waals surface area contributed by atoms with E-state index in [1.54, 1.807) is 5.38 Å². The highest BCUT2D eigenvalue weighted by Crippen LogP contribution is 2.34. The van der Waals surface area contributed by atoms with E-state index < -0.39 is 39.2 Å². The molecular weight excluding hydrogens is 486 g/mol. The van der Waals surface area contributed by atoms with Crippen LogP contribution in [0.25, 0.3) is 0 Å². The lowest BCUT2D eigenvalue weighted by Gasteiger charge is -2.12. The number of amides is 1. The third kappa shape index (κ3) is 6.65. The molecule has 3 rings (SSSR count). The number of alkyl halides is 3. The van der Waals surface area contributed by atoms with Gasteiger partial charge in [-0.2, -0.15) is 13.2 Å². The number of benzene rings is 2. The van der Waals surface area contributed by atoms with Crippen LogP contribution in [-0.2, 0) is 21.0 Å². The van der Waals surface area contributed by atoms with Crippen LogP contribution in [0.2, 0.25) is 0 Å². The predicted molar refractivity (Wildman–Crippen MR) is 114 cm³/mol. The van der Waals surface area contributed by atoms with Gasteiger partial charge >= 0.3 is 6.18 Å². The minimum atomic E-state index is -4.84. The first-order valence-electron chi connectivity index (χ1n) is 9.37. The molecule has 13 heteroatoms. The van der Waals surface area contributed by atoms with Gasteiger partial charge in [-0.15, -0.1) is 11.3 Å². The molecule has 2 aromatic carbocycles. The van der Waals surface area contributed by atoms with E-state index in [1.165, 1.54) is 30.5 Å². The van der Waals surface area contributed by atoms with E-state index in [0.717, 1.165) is 23.5 Å². The van der Waals surface area contributed by atoms with E-state index in [1.807, 2.05) is 0 Å². The minimum Gasteiger partial charge on any atom is -0.490 e. The monoisotopic (exact) mass is 503 g/mol. The zero-order valence-electron chi connectivity index (χ0n) is 16.7. The second-order valence-electron chi connectivity index (χ2n) is 6.58. The molecule has 0 saturated carbocycles. The molecule has 3 aromatic rings. The molecule has 0 aliphatic heterocycles. The molecule has 1 aromatic heterocycles. The summed E-state index contributed by atoms with van der Waals surface area (Å²) in [5.74, 6) is -2.48. The fourth-order valence-corrected chi connectivity index (χ4v) is 4.43. The van der Waals surface area contributed by atoms with Crippen molar-refractivity contribution < 1.29 is 35.5 Å². The van der Waals surface area contributed by atoms with Crippen molar-refractivity contribution in [1.29, 1.82) is 0 Å². The average molecular weight is 503 g/mol. The van der Waals surface area contributed by atoms with Gasteiger partial charge in [-0.05, 0) is 42.8 Å². The lowest BCUT2D eigenvalue weighted by atomic mass is 10.2. The number of sulfonamides is 1. The number of rotatable bonds is 9. The number of carbonyl (C=O) groups excluding carboxylic acids is 1. The lowest BCUT2D eigenvalue weighted by Crippen LogP contribution is -2.14. The third-order valence-electron chi connectivity index (χ3n) is 4.18. The molecule has 1 heterocycles. The molecule has 1 amide bonds. The number of halogens is 4. The summed E-state index contributed by atoms with van der Waals surface area (Å²) < 4.78 is 84.0. The molecule has 0 spiro atoms. The molecule has 0 bridgehead atoms. The number of nitrogens with one attached hydrogen (secondary N) is 2. The molecule has 0 fully saturated rings. The van der Waals surface area contributed by atoms with Gasteiger partial charge < -0.3 is 10.1 Å². The number of hydrogen-bond donors (Lipinski definition) is 2. The Morgan fingerprint density at radius 1 is 1.12 bits per heavy atom. The van der Waals surface area contributed by atoms with E-state index >= 15 is 0 Å². The maximum Gasteiger partial charge on any atom is 0.419 e. The molecule has 0 radical (unpaired) electrons. The predicted octanol–water partition coefficient (Wildman–Crippen LogP) is 4.90. The average Bonchev–Trinajstić information content (AvgIpc) is 3.24. The quantitative estimate of drug-likeness (QED) is 0.320. The Bertz CT molecular complexity index is 1200. The molecule has 2 N–H and O–H groups in total. The van der Waals surface area contributed by atoms with Crippen molar-refractivity contribution in [1.82, 2.24) is 4.98 Å². The van der Waals surface area contributed by atoms with Crippen LogP contribution in [0, 0.1) is 5.82 Å². The summed E-state index contributed by atoms with van der Waals surface area (Å²) in [6.07, 6.45) is -3.31. The highest BCUT2D eigenvalue weighted by molar-refractivity contribution is 7.93. The van der Waals surface area contributed by atoms with E-state index in [9.17, 15) is 30.8 Å². The molecule has 33 heavy (non-hydrogen) atoms. The maximum absolute atomic E-state index is 13.9. The second-order valence-corrected chi connectivity index (χ2v) is 9.16.